The van der Waals surface area contributed by atoms with E-state index in [4.69, 9.17) is 0 Å². The van der Waals surface area contributed by atoms with E-state index in [0.717, 1.165) is 22.9 Å². The predicted molar refractivity (Wildman–Crippen MR) is 65.0 cm³/mol. The monoisotopic (exact) mass is 272 g/mol. The molecule has 3 heteroatoms. The van der Waals surface area contributed by atoms with Crippen LogP contribution in [0.1, 0.15) is 37.0 Å². The van der Waals surface area contributed by atoms with Gasteiger partial charge < -0.3 is 0 Å². The number of allylic oxidation sites excluding steroid dienone is 2. The van der Waals surface area contributed by atoms with Gasteiger partial charge in [0.25, 0.3) is 0 Å². The molecule has 0 aliphatic heterocycles. The molecule has 0 atom stereocenters. The highest BCUT2D eigenvalue weighted by atomic mass is 79.9. The van der Waals surface area contributed by atoms with E-state index < -0.39 is 0 Å². The lowest BCUT2D eigenvalue weighted by Gasteiger charge is -1.98. The Labute approximate surface area is 97.0 Å². The molecule has 0 N–H and O–H groups in total. The van der Waals surface area contributed by atoms with Crippen LogP contribution in [-0.4, -0.2) is 5.78 Å². The van der Waals surface area contributed by atoms with Gasteiger partial charge in [-0.25, -0.2) is 0 Å². The van der Waals surface area contributed by atoms with Gasteiger partial charge >= 0.3 is 0 Å². The third kappa shape index (κ3) is 2.79. The summed E-state index contributed by atoms with van der Waals surface area (Å²) in [6.07, 6.45) is 3.65. The summed E-state index contributed by atoms with van der Waals surface area (Å²) in [7, 11) is 0. The third-order valence-corrected chi connectivity index (χ3v) is 3.83. The molecule has 0 spiro atoms. The summed E-state index contributed by atoms with van der Waals surface area (Å²) in [4.78, 5) is 11.8. The molecule has 1 rings (SSSR count). The summed E-state index contributed by atoms with van der Waals surface area (Å²) in [5.41, 5.74) is 1.97. The smallest absolute Gasteiger partial charge is 0.187 e. The third-order valence-electron chi connectivity index (χ3n) is 2.12. The second kappa shape index (κ2) is 5.47. The largest absolute Gasteiger partial charge is 0.289 e. The first-order chi connectivity index (χ1) is 6.69. The van der Waals surface area contributed by atoms with Gasteiger partial charge in [-0.05, 0) is 34.8 Å². The Bertz CT molecular complexity index is 346. The molecule has 0 unspecified atom stereocenters. The Morgan fingerprint density at radius 3 is 2.50 bits per heavy atom. The van der Waals surface area contributed by atoms with Gasteiger partial charge in [-0.2, -0.15) is 11.3 Å². The Balaban J connectivity index is 2.86. The van der Waals surface area contributed by atoms with Crippen LogP contribution >= 0.6 is 27.3 Å². The van der Waals surface area contributed by atoms with Crippen molar-refractivity contribution in [2.45, 2.75) is 26.7 Å². The van der Waals surface area contributed by atoms with Crippen LogP contribution in [0.25, 0.3) is 0 Å². The molecule has 76 valence electrons. The number of carbonyl (C=O) groups is 1. The van der Waals surface area contributed by atoms with Gasteiger partial charge in [-0.1, -0.05) is 19.4 Å². The molecule has 0 bridgehead atoms. The van der Waals surface area contributed by atoms with E-state index in [2.05, 4.69) is 29.8 Å². The van der Waals surface area contributed by atoms with Crippen LogP contribution in [0.3, 0.4) is 0 Å². The first-order valence-electron chi connectivity index (χ1n) is 4.64. The fourth-order valence-electron chi connectivity index (χ4n) is 1.17. The highest BCUT2D eigenvalue weighted by Gasteiger charge is 2.08. The van der Waals surface area contributed by atoms with Crippen LogP contribution in [-0.2, 0) is 0 Å². The molecule has 0 radical (unpaired) electrons. The molecule has 1 aromatic heterocycles. The number of carbonyl (C=O) groups excluding carboxylic acids is 1. The molecule has 0 aliphatic carbocycles. The van der Waals surface area contributed by atoms with Crippen LogP contribution in [0.5, 0.6) is 0 Å². The van der Waals surface area contributed by atoms with Crippen molar-refractivity contribution in [3.8, 4) is 0 Å². The van der Waals surface area contributed by atoms with E-state index in [-0.39, 0.29) is 5.78 Å². The topological polar surface area (TPSA) is 17.1 Å². The molecular weight excluding hydrogens is 260 g/mol. The normalized spacial score (nSPS) is 9.93. The van der Waals surface area contributed by atoms with E-state index in [1.165, 1.54) is 16.9 Å². The number of halogens is 1. The molecule has 0 saturated carbocycles. The molecule has 14 heavy (non-hydrogen) atoms. The Hall–Kier alpha value is -0.410. The minimum atomic E-state index is 0.108. The van der Waals surface area contributed by atoms with Crippen LogP contribution in [0.15, 0.2) is 26.9 Å². The van der Waals surface area contributed by atoms with Gasteiger partial charge in [0.2, 0.25) is 0 Å². The van der Waals surface area contributed by atoms with Gasteiger partial charge in [0, 0.05) is 20.8 Å². The molecule has 0 aromatic carbocycles. The first kappa shape index (κ1) is 11.7. The zero-order chi connectivity index (χ0) is 10.6. The molecular formula is C11H13BrOS. The van der Waals surface area contributed by atoms with Crippen molar-refractivity contribution in [3.63, 3.8) is 0 Å². The molecule has 0 amide bonds. The average molecular weight is 273 g/mol. The van der Waals surface area contributed by atoms with Crippen molar-refractivity contribution in [2.75, 3.05) is 0 Å². The minimum Gasteiger partial charge on any atom is -0.289 e. The van der Waals surface area contributed by atoms with Crippen LogP contribution < -0.4 is 0 Å². The minimum absolute atomic E-state index is 0.108. The predicted octanol–water partition coefficient (Wildman–Crippen LogP) is 4.44. The summed E-state index contributed by atoms with van der Waals surface area (Å²) in [5, 5.41) is 3.81. The molecule has 1 aromatic rings. The Morgan fingerprint density at radius 2 is 2.07 bits per heavy atom. The Morgan fingerprint density at radius 1 is 1.43 bits per heavy atom. The van der Waals surface area contributed by atoms with E-state index in [9.17, 15) is 4.79 Å². The lowest BCUT2D eigenvalue weighted by molar-refractivity contribution is 0.104. The second-order valence-corrected chi connectivity index (χ2v) is 4.61. The van der Waals surface area contributed by atoms with Gasteiger partial charge in [-0.15, -0.1) is 0 Å². The van der Waals surface area contributed by atoms with Gasteiger partial charge in [-0.3, -0.25) is 4.79 Å². The molecule has 0 saturated heterocycles. The Kier molecular flexibility index (Phi) is 4.55. The summed E-state index contributed by atoms with van der Waals surface area (Å²) >= 11 is 4.90. The summed E-state index contributed by atoms with van der Waals surface area (Å²) < 4.78 is 0.898. The first-order valence-corrected chi connectivity index (χ1v) is 6.38. The lowest BCUT2D eigenvalue weighted by Crippen LogP contribution is -1.95. The van der Waals surface area contributed by atoms with Gasteiger partial charge in [0.1, 0.15) is 0 Å². The zero-order valence-corrected chi connectivity index (χ0v) is 10.7. The van der Waals surface area contributed by atoms with E-state index in [1.54, 1.807) is 6.08 Å². The number of rotatable bonds is 4. The van der Waals surface area contributed by atoms with E-state index >= 15 is 0 Å². The molecule has 0 fully saturated rings. The van der Waals surface area contributed by atoms with Crippen molar-refractivity contribution in [1.29, 1.82) is 0 Å². The number of ketones is 1. The number of hydrogen-bond donors (Lipinski definition) is 0. The maximum Gasteiger partial charge on any atom is 0.187 e. The van der Waals surface area contributed by atoms with Crippen LogP contribution in [0.4, 0.5) is 0 Å². The summed E-state index contributed by atoms with van der Waals surface area (Å²) in [5.74, 6) is 0.108. The fraction of sp³-hybridized carbons (Fsp3) is 0.364. The van der Waals surface area contributed by atoms with E-state index in [1.807, 2.05) is 10.8 Å². The standard InChI is InChI=1S/C11H13BrOS/c1-3-8(4-2)5-11(13)9-6-14-7-10(9)12/h5-7H,3-4H2,1-2H3. The summed E-state index contributed by atoms with van der Waals surface area (Å²) in [6, 6.07) is 0. The summed E-state index contributed by atoms with van der Waals surface area (Å²) in [6.45, 7) is 4.15. The average Bonchev–Trinajstić information content (AvgIpc) is 2.60. The van der Waals surface area contributed by atoms with E-state index in [0.29, 0.717) is 0 Å². The van der Waals surface area contributed by atoms with Gasteiger partial charge in [0.15, 0.2) is 5.78 Å². The van der Waals surface area contributed by atoms with Crippen molar-refractivity contribution in [2.24, 2.45) is 0 Å². The second-order valence-electron chi connectivity index (χ2n) is 3.01. The molecule has 1 nitrogen and oxygen atoms in total. The van der Waals surface area contributed by atoms with Crippen molar-refractivity contribution < 1.29 is 4.79 Å². The zero-order valence-electron chi connectivity index (χ0n) is 8.34. The number of hydrogen-bond acceptors (Lipinski definition) is 2. The van der Waals surface area contributed by atoms with Crippen molar-refractivity contribution in [1.82, 2.24) is 0 Å². The molecule has 0 aliphatic rings. The lowest BCUT2D eigenvalue weighted by atomic mass is 10.1. The number of thiophene rings is 1. The maximum absolute atomic E-state index is 11.8. The maximum atomic E-state index is 11.8. The van der Waals surface area contributed by atoms with Gasteiger partial charge in [0.05, 0.1) is 0 Å². The SMILES string of the molecule is CCC(=CC(=O)c1cscc1Br)CC. The van der Waals surface area contributed by atoms with Crippen LogP contribution in [0.2, 0.25) is 0 Å². The fourth-order valence-corrected chi connectivity index (χ4v) is 2.65. The highest BCUT2D eigenvalue weighted by molar-refractivity contribution is 9.10. The van der Waals surface area contributed by atoms with Crippen LogP contribution in [0, 0.1) is 0 Å². The van der Waals surface area contributed by atoms with Crippen molar-refractivity contribution >= 4 is 33.0 Å². The highest BCUT2D eigenvalue weighted by Crippen LogP contribution is 2.22. The molecule has 1 heterocycles. The van der Waals surface area contributed by atoms with Crippen molar-refractivity contribution in [3.05, 3.63) is 32.4 Å². The quantitative estimate of drug-likeness (QED) is 0.585.